The van der Waals surface area contributed by atoms with E-state index in [4.69, 9.17) is 4.74 Å². The van der Waals surface area contributed by atoms with Crippen LogP contribution in [0.3, 0.4) is 0 Å². The van der Waals surface area contributed by atoms with Crippen LogP contribution in [0.25, 0.3) is 11.0 Å². The summed E-state index contributed by atoms with van der Waals surface area (Å²) >= 11 is 0. The monoisotopic (exact) mass is 358 g/mol. The molecule has 0 saturated carbocycles. The molecule has 2 heterocycles. The van der Waals surface area contributed by atoms with Crippen LogP contribution in [0, 0.1) is 19.8 Å². The Kier molecular flexibility index (Phi) is 5.94. The summed E-state index contributed by atoms with van der Waals surface area (Å²) in [5.74, 6) is 0.636. The number of aromatic nitrogens is 2. The molecule has 1 amide bonds. The average Bonchev–Trinajstić information content (AvgIpc) is 2.95. The Morgan fingerprint density at radius 3 is 2.88 bits per heavy atom. The zero-order chi connectivity index (χ0) is 18.7. The predicted octanol–water partition coefficient (Wildman–Crippen LogP) is 2.13. The molecule has 1 aliphatic heterocycles. The van der Waals surface area contributed by atoms with E-state index in [1.54, 1.807) is 6.33 Å². The van der Waals surface area contributed by atoms with E-state index in [0.717, 1.165) is 37.3 Å². The predicted molar refractivity (Wildman–Crippen MR) is 103 cm³/mol. The highest BCUT2D eigenvalue weighted by molar-refractivity contribution is 5.81. The van der Waals surface area contributed by atoms with Crippen LogP contribution in [-0.4, -0.2) is 59.2 Å². The second-order valence-corrected chi connectivity index (χ2v) is 7.75. The number of rotatable bonds is 6. The van der Waals surface area contributed by atoms with Gasteiger partial charge < -0.3 is 14.6 Å². The maximum absolute atomic E-state index is 12.4. The molecule has 1 aliphatic rings. The van der Waals surface area contributed by atoms with E-state index in [1.807, 2.05) is 4.57 Å². The van der Waals surface area contributed by atoms with Gasteiger partial charge in [-0.05, 0) is 43.0 Å². The Morgan fingerprint density at radius 1 is 1.35 bits per heavy atom. The van der Waals surface area contributed by atoms with Gasteiger partial charge >= 0.3 is 0 Å². The summed E-state index contributed by atoms with van der Waals surface area (Å²) < 4.78 is 7.71. The van der Waals surface area contributed by atoms with Gasteiger partial charge in [-0.2, -0.15) is 0 Å². The van der Waals surface area contributed by atoms with Crippen molar-refractivity contribution >= 4 is 16.9 Å². The molecule has 3 rings (SSSR count). The number of amides is 1. The smallest absolute Gasteiger partial charge is 0.240 e. The lowest BCUT2D eigenvalue weighted by Crippen LogP contribution is -2.48. The molecule has 1 fully saturated rings. The molecule has 1 aromatic heterocycles. The maximum atomic E-state index is 12.4. The Morgan fingerprint density at radius 2 is 2.12 bits per heavy atom. The number of aryl methyl sites for hydroxylation is 2. The standard InChI is InChI=1S/C20H30N4O2/c1-14(2)10-23-5-6-26-17(11-23)9-21-20(25)12-24-13-22-18-7-15(3)16(4)8-19(18)24/h7-8,13-14,17H,5-6,9-12H2,1-4H3,(H,21,25). The van der Waals surface area contributed by atoms with Gasteiger partial charge in [0.1, 0.15) is 6.54 Å². The summed E-state index contributed by atoms with van der Waals surface area (Å²) in [7, 11) is 0. The lowest BCUT2D eigenvalue weighted by atomic mass is 10.1. The fourth-order valence-electron chi connectivity index (χ4n) is 3.46. The minimum absolute atomic E-state index is 0.00730. The fourth-order valence-corrected chi connectivity index (χ4v) is 3.46. The third-order valence-electron chi connectivity index (χ3n) is 4.92. The first-order valence-corrected chi connectivity index (χ1v) is 9.45. The molecule has 0 bridgehead atoms. The molecule has 0 radical (unpaired) electrons. The SMILES string of the molecule is Cc1cc2ncn(CC(=O)NCC3CN(CC(C)C)CCO3)c2cc1C. The lowest BCUT2D eigenvalue weighted by Gasteiger charge is -2.33. The normalized spacial score (nSPS) is 18.6. The first-order valence-electron chi connectivity index (χ1n) is 9.45. The van der Waals surface area contributed by atoms with E-state index in [1.165, 1.54) is 11.1 Å². The highest BCUT2D eigenvalue weighted by Crippen LogP contribution is 2.18. The topological polar surface area (TPSA) is 59.4 Å². The van der Waals surface area contributed by atoms with Crippen LogP contribution < -0.4 is 5.32 Å². The van der Waals surface area contributed by atoms with Crippen molar-refractivity contribution in [3.63, 3.8) is 0 Å². The zero-order valence-electron chi connectivity index (χ0n) is 16.3. The second-order valence-electron chi connectivity index (χ2n) is 7.75. The number of hydrogen-bond donors (Lipinski definition) is 1. The summed E-state index contributed by atoms with van der Waals surface area (Å²) in [6.45, 7) is 13.1. The molecule has 1 aromatic carbocycles. The van der Waals surface area contributed by atoms with Crippen molar-refractivity contribution < 1.29 is 9.53 Å². The molecular weight excluding hydrogens is 328 g/mol. The molecule has 142 valence electrons. The van der Waals surface area contributed by atoms with Crippen molar-refractivity contribution in [3.05, 3.63) is 29.6 Å². The molecule has 1 N–H and O–H groups in total. The fraction of sp³-hybridized carbons (Fsp3) is 0.600. The largest absolute Gasteiger partial charge is 0.374 e. The van der Waals surface area contributed by atoms with Crippen LogP contribution in [-0.2, 0) is 16.1 Å². The number of ether oxygens (including phenoxy) is 1. The zero-order valence-corrected chi connectivity index (χ0v) is 16.3. The van der Waals surface area contributed by atoms with E-state index >= 15 is 0 Å². The van der Waals surface area contributed by atoms with Gasteiger partial charge in [0, 0.05) is 26.2 Å². The van der Waals surface area contributed by atoms with Crippen molar-refractivity contribution in [1.82, 2.24) is 19.8 Å². The van der Waals surface area contributed by atoms with E-state index in [9.17, 15) is 4.79 Å². The number of morpholine rings is 1. The number of benzene rings is 1. The minimum atomic E-state index is -0.00730. The van der Waals surface area contributed by atoms with Gasteiger partial charge in [-0.15, -0.1) is 0 Å². The van der Waals surface area contributed by atoms with Crippen LogP contribution in [0.15, 0.2) is 18.5 Å². The molecule has 1 saturated heterocycles. The molecule has 0 spiro atoms. The average molecular weight is 358 g/mol. The number of carbonyl (C=O) groups is 1. The summed E-state index contributed by atoms with van der Waals surface area (Å²) in [6.07, 6.45) is 1.81. The Hall–Kier alpha value is -1.92. The van der Waals surface area contributed by atoms with Crippen molar-refractivity contribution in [2.45, 2.75) is 40.3 Å². The van der Waals surface area contributed by atoms with Crippen molar-refractivity contribution in [2.24, 2.45) is 5.92 Å². The van der Waals surface area contributed by atoms with Crippen LogP contribution in [0.4, 0.5) is 0 Å². The third-order valence-corrected chi connectivity index (χ3v) is 4.92. The van der Waals surface area contributed by atoms with Crippen LogP contribution in [0.1, 0.15) is 25.0 Å². The van der Waals surface area contributed by atoms with E-state index < -0.39 is 0 Å². The molecule has 26 heavy (non-hydrogen) atoms. The maximum Gasteiger partial charge on any atom is 0.240 e. The quantitative estimate of drug-likeness (QED) is 0.859. The van der Waals surface area contributed by atoms with Gasteiger partial charge in [0.05, 0.1) is 30.1 Å². The van der Waals surface area contributed by atoms with E-state index in [2.05, 4.69) is 55.0 Å². The molecule has 6 heteroatoms. The van der Waals surface area contributed by atoms with Crippen LogP contribution in [0.5, 0.6) is 0 Å². The summed E-state index contributed by atoms with van der Waals surface area (Å²) in [5.41, 5.74) is 4.36. The highest BCUT2D eigenvalue weighted by atomic mass is 16.5. The van der Waals surface area contributed by atoms with Gasteiger partial charge in [0.2, 0.25) is 5.91 Å². The minimum Gasteiger partial charge on any atom is -0.374 e. The first kappa shape index (κ1) is 18.9. The van der Waals surface area contributed by atoms with Gasteiger partial charge in [-0.1, -0.05) is 13.8 Å². The molecule has 2 aromatic rings. The Bertz CT molecular complexity index is 769. The van der Waals surface area contributed by atoms with Gasteiger partial charge in [-0.3, -0.25) is 9.69 Å². The summed E-state index contributed by atoms with van der Waals surface area (Å²) in [6, 6.07) is 4.16. The van der Waals surface area contributed by atoms with Crippen LogP contribution >= 0.6 is 0 Å². The number of imidazole rings is 1. The molecule has 6 nitrogen and oxygen atoms in total. The second kappa shape index (κ2) is 8.18. The number of nitrogens with zero attached hydrogens (tertiary/aromatic N) is 3. The van der Waals surface area contributed by atoms with E-state index in [0.29, 0.717) is 12.5 Å². The van der Waals surface area contributed by atoms with Crippen molar-refractivity contribution in [2.75, 3.05) is 32.8 Å². The summed E-state index contributed by atoms with van der Waals surface area (Å²) in [4.78, 5) is 19.2. The number of nitrogens with one attached hydrogen (secondary N) is 1. The van der Waals surface area contributed by atoms with Crippen molar-refractivity contribution in [1.29, 1.82) is 0 Å². The van der Waals surface area contributed by atoms with E-state index in [-0.39, 0.29) is 18.6 Å². The first-order chi connectivity index (χ1) is 12.4. The number of hydrogen-bond acceptors (Lipinski definition) is 4. The molecular formula is C20H30N4O2. The molecule has 1 atom stereocenters. The molecule has 0 aliphatic carbocycles. The lowest BCUT2D eigenvalue weighted by molar-refractivity contribution is -0.122. The Labute approximate surface area is 155 Å². The van der Waals surface area contributed by atoms with Crippen LogP contribution in [0.2, 0.25) is 0 Å². The van der Waals surface area contributed by atoms with Gasteiger partial charge in [0.15, 0.2) is 0 Å². The van der Waals surface area contributed by atoms with Gasteiger partial charge in [0.25, 0.3) is 0 Å². The highest BCUT2D eigenvalue weighted by Gasteiger charge is 2.21. The van der Waals surface area contributed by atoms with Crippen molar-refractivity contribution in [3.8, 4) is 0 Å². The Balaban J connectivity index is 1.54. The summed E-state index contributed by atoms with van der Waals surface area (Å²) in [5, 5.41) is 3.02. The number of fused-ring (bicyclic) bond motifs is 1. The third kappa shape index (κ3) is 4.62. The van der Waals surface area contributed by atoms with Gasteiger partial charge in [-0.25, -0.2) is 4.98 Å². The number of carbonyl (C=O) groups excluding carboxylic acids is 1. The molecule has 1 unspecified atom stereocenters.